The monoisotopic (exact) mass is 603 g/mol. The van der Waals surface area contributed by atoms with Crippen molar-refractivity contribution >= 4 is 46.2 Å². The standard InChI is InChI=1S/C20H26O2.2HI.V/c1-17(11-7-13-19(3)15-21)9-5-6-10-18(2)12-8-14-20(4)16-22;;;/h5-15,22H,16H2,1-4H3;2*1H;/q;;;+2/p-2/b6-5+,11-7+,12-8+,17-9+,18-10+,19-13+,20-14+;;;. The molecule has 0 radical (unpaired) electrons. The second-order valence-corrected chi connectivity index (χ2v) is 17.0. The molecule has 0 fully saturated rings. The van der Waals surface area contributed by atoms with E-state index in [0.717, 1.165) is 23.0 Å². The summed E-state index contributed by atoms with van der Waals surface area (Å²) in [6, 6.07) is 0. The molecule has 0 aliphatic carbocycles. The third-order valence-corrected chi connectivity index (χ3v) is 2.72. The maximum atomic E-state index is 10.4. The van der Waals surface area contributed by atoms with E-state index in [4.69, 9.17) is 5.11 Å². The fourth-order valence-electron chi connectivity index (χ4n) is 1.33. The van der Waals surface area contributed by atoms with Crippen molar-refractivity contribution in [1.82, 2.24) is 0 Å². The minimum atomic E-state index is 0.0894. The van der Waals surface area contributed by atoms with Crippen LogP contribution in [0.4, 0.5) is 0 Å². The van der Waals surface area contributed by atoms with Gasteiger partial charge < -0.3 is 5.11 Å². The Morgan fingerprint density at radius 2 is 1.20 bits per heavy atom. The Balaban J connectivity index is 0. The first-order valence-corrected chi connectivity index (χ1v) is 16.6. The van der Waals surface area contributed by atoms with Gasteiger partial charge in [0.15, 0.2) is 0 Å². The van der Waals surface area contributed by atoms with Crippen molar-refractivity contribution in [1.29, 1.82) is 0 Å². The van der Waals surface area contributed by atoms with Crippen LogP contribution in [-0.2, 0) is 14.3 Å². The molecular weight excluding hydrogens is 577 g/mol. The maximum absolute atomic E-state index is 10.4. The van der Waals surface area contributed by atoms with Gasteiger partial charge in [-0.2, -0.15) is 0 Å². The molecule has 0 spiro atoms. The number of carbonyl (C=O) groups is 1. The topological polar surface area (TPSA) is 37.3 Å². The molecule has 0 aliphatic rings. The summed E-state index contributed by atoms with van der Waals surface area (Å²) in [6.07, 6.45) is 20.2. The molecule has 0 amide bonds. The molecule has 1 N–H and O–H groups in total. The fraction of sp³-hybridized carbons (Fsp3) is 0.250. The van der Waals surface area contributed by atoms with E-state index in [9.17, 15) is 4.79 Å². The van der Waals surface area contributed by atoms with Crippen molar-refractivity contribution in [2.45, 2.75) is 27.7 Å². The Morgan fingerprint density at radius 1 is 0.800 bits per heavy atom. The summed E-state index contributed by atoms with van der Waals surface area (Å²) >= 11 is 4.74. The van der Waals surface area contributed by atoms with E-state index in [1.807, 2.05) is 75.5 Å². The van der Waals surface area contributed by atoms with Gasteiger partial charge in [0, 0.05) is 0 Å². The van der Waals surface area contributed by atoms with Gasteiger partial charge in [-0.05, 0) is 38.8 Å². The first-order valence-electron chi connectivity index (χ1n) is 7.60. The van der Waals surface area contributed by atoms with Crippen molar-refractivity contribution in [3.63, 3.8) is 0 Å². The summed E-state index contributed by atoms with van der Waals surface area (Å²) < 4.78 is 0. The second kappa shape index (κ2) is 20.2. The molecule has 0 saturated carbocycles. The summed E-state index contributed by atoms with van der Waals surface area (Å²) in [7, 11) is 0.628. The van der Waals surface area contributed by atoms with Gasteiger partial charge in [0.1, 0.15) is 6.29 Å². The van der Waals surface area contributed by atoms with Crippen LogP contribution in [0.5, 0.6) is 0 Å². The van der Waals surface area contributed by atoms with Gasteiger partial charge in [-0.25, -0.2) is 0 Å². The van der Waals surface area contributed by atoms with Crippen LogP contribution < -0.4 is 0 Å². The second-order valence-electron chi connectivity index (χ2n) is 5.19. The van der Waals surface area contributed by atoms with Crippen LogP contribution >= 0.6 is 40.0 Å². The molecule has 0 aromatic heterocycles. The van der Waals surface area contributed by atoms with Crippen molar-refractivity contribution < 1.29 is 19.4 Å². The van der Waals surface area contributed by atoms with Gasteiger partial charge in [-0.3, -0.25) is 4.79 Å². The third-order valence-electron chi connectivity index (χ3n) is 2.72. The van der Waals surface area contributed by atoms with E-state index in [0.29, 0.717) is 15.0 Å². The average molecular weight is 603 g/mol. The Bertz CT molecular complexity index is 581. The molecule has 0 heterocycles. The number of halogens is 2. The third kappa shape index (κ3) is 21.8. The molecule has 137 valence electrons. The predicted molar refractivity (Wildman–Crippen MR) is 124 cm³/mol. The van der Waals surface area contributed by atoms with E-state index >= 15 is 0 Å². The van der Waals surface area contributed by atoms with Crippen LogP contribution in [0.25, 0.3) is 0 Å². The number of aldehydes is 1. The summed E-state index contributed by atoms with van der Waals surface area (Å²) in [6.45, 7) is 7.77. The summed E-state index contributed by atoms with van der Waals surface area (Å²) in [4.78, 5) is 10.4. The van der Waals surface area contributed by atoms with Crippen molar-refractivity contribution in [2.24, 2.45) is 0 Å². The summed E-state index contributed by atoms with van der Waals surface area (Å²) in [5.41, 5.74) is 3.87. The number of rotatable bonds is 8. The number of carbonyl (C=O) groups excluding carboxylic acids is 1. The van der Waals surface area contributed by atoms with E-state index in [-0.39, 0.29) is 6.61 Å². The van der Waals surface area contributed by atoms with Gasteiger partial charge in [-0.15, -0.1) is 0 Å². The molecule has 0 aromatic carbocycles. The van der Waals surface area contributed by atoms with Crippen molar-refractivity contribution in [3.05, 3.63) is 83.1 Å². The van der Waals surface area contributed by atoms with Gasteiger partial charge in [0.25, 0.3) is 0 Å². The number of hydrogen-bond acceptors (Lipinski definition) is 2. The Labute approximate surface area is 181 Å². The molecule has 0 aromatic rings. The molecule has 2 nitrogen and oxygen atoms in total. The first-order chi connectivity index (χ1) is 11.9. The molecule has 0 atom stereocenters. The normalized spacial score (nSPS) is 14.2. The Morgan fingerprint density at radius 3 is 1.60 bits per heavy atom. The molecule has 5 heteroatoms. The van der Waals surface area contributed by atoms with Crippen molar-refractivity contribution in [3.8, 4) is 0 Å². The zero-order valence-corrected chi connectivity index (χ0v) is 20.8. The quantitative estimate of drug-likeness (QED) is 0.151. The molecule has 0 saturated heterocycles. The van der Waals surface area contributed by atoms with Crippen LogP contribution in [0.3, 0.4) is 0 Å². The van der Waals surface area contributed by atoms with Crippen LogP contribution in [0.1, 0.15) is 27.7 Å². The predicted octanol–water partition coefficient (Wildman–Crippen LogP) is 6.40. The van der Waals surface area contributed by atoms with E-state index in [2.05, 4.69) is 40.0 Å². The van der Waals surface area contributed by atoms with Gasteiger partial charge >= 0.3 is 49.4 Å². The summed E-state index contributed by atoms with van der Waals surface area (Å²) in [5.74, 6) is 0. The van der Waals surface area contributed by atoms with Crippen LogP contribution in [0.2, 0.25) is 0 Å². The molecule has 25 heavy (non-hydrogen) atoms. The Hall–Kier alpha value is -0.146. The van der Waals surface area contributed by atoms with Crippen LogP contribution in [-0.4, -0.2) is 18.0 Å². The van der Waals surface area contributed by atoms with Gasteiger partial charge in [-0.1, -0.05) is 71.9 Å². The first kappa shape index (κ1) is 27.1. The van der Waals surface area contributed by atoms with Crippen LogP contribution in [0.15, 0.2) is 83.1 Å². The number of allylic oxidation sites excluding steroid dienone is 13. The number of aliphatic hydroxyl groups is 1. The number of hydrogen-bond donors (Lipinski definition) is 1. The van der Waals surface area contributed by atoms with E-state index in [1.54, 1.807) is 13.0 Å². The SMILES string of the molecule is C\C(C=O)=C/C=C/C(C)=C/C=C/C=C(C)/C=C/C=C(\C)CO.[I][V][I]. The van der Waals surface area contributed by atoms with E-state index in [1.165, 1.54) is 0 Å². The number of aliphatic hydroxyl groups excluding tert-OH is 1. The molecule has 0 rings (SSSR count). The van der Waals surface area contributed by atoms with Gasteiger partial charge in [0.05, 0.1) is 6.61 Å². The minimum absolute atomic E-state index is 0.0894. The zero-order valence-electron chi connectivity index (χ0n) is 15.1. The fourth-order valence-corrected chi connectivity index (χ4v) is 1.33. The zero-order chi connectivity index (χ0) is 19.5. The average Bonchev–Trinajstić information content (AvgIpc) is 2.59. The van der Waals surface area contributed by atoms with Crippen molar-refractivity contribution in [2.75, 3.05) is 6.61 Å². The molecule has 0 unspecified atom stereocenters. The molecule has 0 aliphatic heterocycles. The van der Waals surface area contributed by atoms with Crippen LogP contribution in [0, 0.1) is 0 Å². The summed E-state index contributed by atoms with van der Waals surface area (Å²) in [5, 5.41) is 8.87. The van der Waals surface area contributed by atoms with E-state index < -0.39 is 0 Å². The molecule has 0 bridgehead atoms. The Kier molecular flexibility index (Phi) is 21.8. The van der Waals surface area contributed by atoms with Gasteiger partial charge in [0.2, 0.25) is 0 Å². The molecular formula is C20H26I2O2V.